The Kier molecular flexibility index (Phi) is 5.31. The zero-order valence-electron chi connectivity index (χ0n) is 9.72. The van der Waals surface area contributed by atoms with Gasteiger partial charge in [-0.15, -0.1) is 0 Å². The standard InChI is InChI=1S/C12H24O/c1-6-10(2)7-8-11(3)9-12(4,5)13/h8,10,13H,6-7,9H2,1-5H3. The van der Waals surface area contributed by atoms with E-state index in [-0.39, 0.29) is 0 Å². The zero-order valence-corrected chi connectivity index (χ0v) is 9.72. The lowest BCUT2D eigenvalue weighted by molar-refractivity contribution is 0.0809. The summed E-state index contributed by atoms with van der Waals surface area (Å²) in [6.45, 7) is 10.3. The highest BCUT2D eigenvalue weighted by atomic mass is 16.3. The summed E-state index contributed by atoms with van der Waals surface area (Å²) in [5, 5.41) is 9.57. The minimum atomic E-state index is -0.559. The van der Waals surface area contributed by atoms with Gasteiger partial charge in [0.2, 0.25) is 0 Å². The number of hydrogen-bond acceptors (Lipinski definition) is 1. The molecule has 0 aliphatic carbocycles. The largest absolute Gasteiger partial charge is 0.390 e. The fourth-order valence-corrected chi connectivity index (χ4v) is 1.32. The SMILES string of the molecule is CCC(C)CC=C(C)CC(C)(C)O. The van der Waals surface area contributed by atoms with Crippen molar-refractivity contribution in [3.63, 3.8) is 0 Å². The van der Waals surface area contributed by atoms with Gasteiger partial charge in [0.15, 0.2) is 0 Å². The molecule has 0 aromatic rings. The first-order chi connectivity index (χ1) is 5.85. The minimum absolute atomic E-state index is 0.559. The summed E-state index contributed by atoms with van der Waals surface area (Å²) in [4.78, 5) is 0. The maximum Gasteiger partial charge on any atom is 0.0628 e. The molecule has 1 atom stereocenters. The normalized spacial score (nSPS) is 16.0. The van der Waals surface area contributed by atoms with Crippen molar-refractivity contribution in [2.24, 2.45) is 5.92 Å². The third-order valence-corrected chi connectivity index (χ3v) is 2.28. The van der Waals surface area contributed by atoms with E-state index < -0.39 is 5.60 Å². The summed E-state index contributed by atoms with van der Waals surface area (Å²) < 4.78 is 0. The summed E-state index contributed by atoms with van der Waals surface area (Å²) in [7, 11) is 0. The zero-order chi connectivity index (χ0) is 10.5. The molecule has 0 spiro atoms. The molecule has 0 aromatic heterocycles. The molecule has 0 saturated heterocycles. The van der Waals surface area contributed by atoms with Gasteiger partial charge in [-0.1, -0.05) is 31.9 Å². The lowest BCUT2D eigenvalue weighted by Gasteiger charge is -2.17. The molecule has 1 nitrogen and oxygen atoms in total. The van der Waals surface area contributed by atoms with Gasteiger partial charge in [-0.3, -0.25) is 0 Å². The number of hydrogen-bond donors (Lipinski definition) is 1. The predicted molar refractivity (Wildman–Crippen MR) is 58.7 cm³/mol. The predicted octanol–water partition coefficient (Wildman–Crippen LogP) is 3.53. The van der Waals surface area contributed by atoms with E-state index in [0.29, 0.717) is 0 Å². The van der Waals surface area contributed by atoms with Crippen LogP contribution in [0.3, 0.4) is 0 Å². The molecule has 0 aromatic carbocycles. The van der Waals surface area contributed by atoms with E-state index in [4.69, 9.17) is 0 Å². The average Bonchev–Trinajstić information content (AvgIpc) is 1.97. The highest BCUT2D eigenvalue weighted by molar-refractivity contribution is 5.02. The molecular formula is C12H24O. The summed E-state index contributed by atoms with van der Waals surface area (Å²) in [6.07, 6.45) is 5.40. The van der Waals surface area contributed by atoms with Gasteiger partial charge in [-0.05, 0) is 39.5 Å². The molecule has 0 aliphatic rings. The molecule has 0 radical (unpaired) electrons. The Morgan fingerprint density at radius 3 is 2.38 bits per heavy atom. The van der Waals surface area contributed by atoms with E-state index in [1.165, 1.54) is 12.0 Å². The second kappa shape index (κ2) is 5.43. The second-order valence-electron chi connectivity index (χ2n) is 4.79. The monoisotopic (exact) mass is 184 g/mol. The number of rotatable bonds is 5. The van der Waals surface area contributed by atoms with Gasteiger partial charge < -0.3 is 5.11 Å². The van der Waals surface area contributed by atoms with Crippen LogP contribution < -0.4 is 0 Å². The van der Waals surface area contributed by atoms with Crippen molar-refractivity contribution in [1.82, 2.24) is 0 Å². The van der Waals surface area contributed by atoms with Crippen molar-refractivity contribution in [2.75, 3.05) is 0 Å². The highest BCUT2D eigenvalue weighted by Gasteiger charge is 2.12. The minimum Gasteiger partial charge on any atom is -0.390 e. The van der Waals surface area contributed by atoms with Crippen molar-refractivity contribution < 1.29 is 5.11 Å². The fourth-order valence-electron chi connectivity index (χ4n) is 1.32. The van der Waals surface area contributed by atoms with Crippen LogP contribution in [0, 0.1) is 5.92 Å². The van der Waals surface area contributed by atoms with Gasteiger partial charge in [0.1, 0.15) is 0 Å². The Hall–Kier alpha value is -0.300. The highest BCUT2D eigenvalue weighted by Crippen LogP contribution is 2.17. The number of allylic oxidation sites excluding steroid dienone is 1. The van der Waals surface area contributed by atoms with Crippen LogP contribution in [0.2, 0.25) is 0 Å². The van der Waals surface area contributed by atoms with Crippen LogP contribution in [0.4, 0.5) is 0 Å². The molecule has 13 heavy (non-hydrogen) atoms. The van der Waals surface area contributed by atoms with Gasteiger partial charge in [0.05, 0.1) is 5.60 Å². The van der Waals surface area contributed by atoms with Gasteiger partial charge >= 0.3 is 0 Å². The van der Waals surface area contributed by atoms with Crippen LogP contribution in [0.25, 0.3) is 0 Å². The van der Waals surface area contributed by atoms with E-state index in [1.54, 1.807) is 0 Å². The number of aliphatic hydroxyl groups is 1. The Morgan fingerprint density at radius 1 is 1.46 bits per heavy atom. The van der Waals surface area contributed by atoms with Gasteiger partial charge in [0, 0.05) is 0 Å². The molecule has 78 valence electrons. The molecule has 0 amide bonds. The molecule has 0 fully saturated rings. The lowest BCUT2D eigenvalue weighted by Crippen LogP contribution is -2.18. The first-order valence-electron chi connectivity index (χ1n) is 5.23. The third kappa shape index (κ3) is 8.04. The molecular weight excluding hydrogens is 160 g/mol. The molecule has 0 heterocycles. The molecule has 0 rings (SSSR count). The average molecular weight is 184 g/mol. The smallest absolute Gasteiger partial charge is 0.0628 e. The Bertz CT molecular complexity index is 162. The summed E-state index contributed by atoms with van der Waals surface area (Å²) in [6, 6.07) is 0. The molecule has 0 saturated carbocycles. The van der Waals surface area contributed by atoms with Crippen LogP contribution >= 0.6 is 0 Å². The van der Waals surface area contributed by atoms with Crippen molar-refractivity contribution >= 4 is 0 Å². The van der Waals surface area contributed by atoms with E-state index in [2.05, 4.69) is 26.8 Å². The Labute approximate surface area is 82.9 Å². The first kappa shape index (κ1) is 12.7. The topological polar surface area (TPSA) is 20.2 Å². The van der Waals surface area contributed by atoms with Crippen molar-refractivity contribution in [3.05, 3.63) is 11.6 Å². The Morgan fingerprint density at radius 2 is 2.00 bits per heavy atom. The maximum atomic E-state index is 9.57. The summed E-state index contributed by atoms with van der Waals surface area (Å²) >= 11 is 0. The van der Waals surface area contributed by atoms with Crippen LogP contribution in [-0.2, 0) is 0 Å². The quantitative estimate of drug-likeness (QED) is 0.648. The Balaban J connectivity index is 3.89. The van der Waals surface area contributed by atoms with E-state index >= 15 is 0 Å². The third-order valence-electron chi connectivity index (χ3n) is 2.28. The van der Waals surface area contributed by atoms with Crippen LogP contribution in [0.5, 0.6) is 0 Å². The van der Waals surface area contributed by atoms with E-state index in [0.717, 1.165) is 18.8 Å². The van der Waals surface area contributed by atoms with Crippen LogP contribution in [0.1, 0.15) is 53.9 Å². The van der Waals surface area contributed by atoms with E-state index in [1.807, 2.05) is 13.8 Å². The summed E-state index contributed by atoms with van der Waals surface area (Å²) in [5.41, 5.74) is 0.739. The molecule has 1 heteroatoms. The van der Waals surface area contributed by atoms with E-state index in [9.17, 15) is 5.11 Å². The first-order valence-corrected chi connectivity index (χ1v) is 5.23. The molecule has 1 N–H and O–H groups in total. The molecule has 1 unspecified atom stereocenters. The van der Waals surface area contributed by atoms with Crippen LogP contribution in [-0.4, -0.2) is 10.7 Å². The van der Waals surface area contributed by atoms with Gasteiger partial charge in [-0.25, -0.2) is 0 Å². The van der Waals surface area contributed by atoms with Gasteiger partial charge in [-0.2, -0.15) is 0 Å². The second-order valence-corrected chi connectivity index (χ2v) is 4.79. The summed E-state index contributed by atoms with van der Waals surface area (Å²) in [5.74, 6) is 0.761. The fraction of sp³-hybridized carbons (Fsp3) is 0.833. The lowest BCUT2D eigenvalue weighted by atomic mass is 9.96. The molecule has 0 bridgehead atoms. The maximum absolute atomic E-state index is 9.57. The van der Waals surface area contributed by atoms with Gasteiger partial charge in [0.25, 0.3) is 0 Å². The molecule has 0 aliphatic heterocycles. The van der Waals surface area contributed by atoms with Crippen molar-refractivity contribution in [2.45, 2.75) is 59.5 Å². The van der Waals surface area contributed by atoms with Crippen molar-refractivity contribution in [3.8, 4) is 0 Å². The van der Waals surface area contributed by atoms with Crippen molar-refractivity contribution in [1.29, 1.82) is 0 Å². The van der Waals surface area contributed by atoms with Crippen LogP contribution in [0.15, 0.2) is 11.6 Å².